The van der Waals surface area contributed by atoms with Crippen molar-refractivity contribution < 1.29 is 9.13 Å². The number of methoxy groups -OCH3 is 1. The molecule has 0 aromatic heterocycles. The molecule has 0 spiro atoms. The third-order valence-electron chi connectivity index (χ3n) is 2.66. The van der Waals surface area contributed by atoms with E-state index >= 15 is 0 Å². The molecule has 1 aromatic carbocycles. The molecule has 0 bridgehead atoms. The van der Waals surface area contributed by atoms with Gasteiger partial charge in [0.25, 0.3) is 0 Å². The highest BCUT2D eigenvalue weighted by Crippen LogP contribution is 2.28. The average molecular weight is 239 g/mol. The van der Waals surface area contributed by atoms with E-state index in [4.69, 9.17) is 4.74 Å². The number of benzene rings is 1. The Morgan fingerprint density at radius 3 is 2.53 bits per heavy atom. The van der Waals surface area contributed by atoms with Crippen molar-refractivity contribution in [3.63, 3.8) is 0 Å². The maximum atomic E-state index is 13.8. The fourth-order valence-electron chi connectivity index (χ4n) is 1.73. The molecule has 0 aliphatic rings. The third kappa shape index (κ3) is 4.00. The van der Waals surface area contributed by atoms with Gasteiger partial charge in [0.1, 0.15) is 11.6 Å². The highest BCUT2D eigenvalue weighted by atomic mass is 19.1. The molecule has 0 heterocycles. The van der Waals surface area contributed by atoms with Gasteiger partial charge in [-0.2, -0.15) is 0 Å². The van der Waals surface area contributed by atoms with Crippen LogP contribution in [0, 0.1) is 5.82 Å². The minimum atomic E-state index is -0.201. The molecular formula is C14H22FNO. The van der Waals surface area contributed by atoms with Gasteiger partial charge in [0, 0.05) is 23.6 Å². The molecule has 1 rings (SSSR count). The largest absolute Gasteiger partial charge is 0.496 e. The fraction of sp³-hybridized carbons (Fsp3) is 0.571. The lowest BCUT2D eigenvalue weighted by molar-refractivity contribution is 0.383. The summed E-state index contributed by atoms with van der Waals surface area (Å²) >= 11 is 0. The van der Waals surface area contributed by atoms with Crippen molar-refractivity contribution in [1.29, 1.82) is 0 Å². The number of hydrogen-bond acceptors (Lipinski definition) is 2. The first-order valence-electron chi connectivity index (χ1n) is 5.92. The second-order valence-corrected chi connectivity index (χ2v) is 5.39. The predicted molar refractivity (Wildman–Crippen MR) is 69.1 cm³/mol. The van der Waals surface area contributed by atoms with Gasteiger partial charge in [0.15, 0.2) is 0 Å². The standard InChI is InChI=1S/C14H22FNO/c1-10(9-16-14(2,3)4)13-11(15)7-6-8-12(13)17-5/h6-8,10,16H,9H2,1-5H3. The van der Waals surface area contributed by atoms with Crippen LogP contribution in [-0.2, 0) is 0 Å². The van der Waals surface area contributed by atoms with Crippen molar-refractivity contribution in [2.24, 2.45) is 0 Å². The van der Waals surface area contributed by atoms with Gasteiger partial charge in [-0.05, 0) is 32.9 Å². The minimum Gasteiger partial charge on any atom is -0.496 e. The van der Waals surface area contributed by atoms with Gasteiger partial charge < -0.3 is 10.1 Å². The van der Waals surface area contributed by atoms with E-state index in [0.29, 0.717) is 11.3 Å². The summed E-state index contributed by atoms with van der Waals surface area (Å²) in [7, 11) is 1.57. The molecule has 2 nitrogen and oxygen atoms in total. The topological polar surface area (TPSA) is 21.3 Å². The minimum absolute atomic E-state index is 0.0345. The summed E-state index contributed by atoms with van der Waals surface area (Å²) in [5.41, 5.74) is 0.680. The normalized spacial score (nSPS) is 13.5. The molecule has 1 atom stereocenters. The zero-order chi connectivity index (χ0) is 13.1. The van der Waals surface area contributed by atoms with Gasteiger partial charge in [-0.15, -0.1) is 0 Å². The Kier molecular flexibility index (Phi) is 4.52. The summed E-state index contributed by atoms with van der Waals surface area (Å²) in [6.07, 6.45) is 0. The summed E-state index contributed by atoms with van der Waals surface area (Å²) in [5.74, 6) is 0.492. The lowest BCUT2D eigenvalue weighted by atomic mass is 9.98. The number of rotatable bonds is 4. The molecule has 0 saturated heterocycles. The number of hydrogen-bond donors (Lipinski definition) is 1. The van der Waals surface area contributed by atoms with Gasteiger partial charge in [0.2, 0.25) is 0 Å². The van der Waals surface area contributed by atoms with Crippen LogP contribution in [0.1, 0.15) is 39.2 Å². The van der Waals surface area contributed by atoms with Crippen LogP contribution in [0.3, 0.4) is 0 Å². The highest BCUT2D eigenvalue weighted by molar-refractivity contribution is 5.37. The third-order valence-corrected chi connectivity index (χ3v) is 2.66. The van der Waals surface area contributed by atoms with Crippen LogP contribution in [0.4, 0.5) is 4.39 Å². The molecule has 0 amide bonds. The Bertz CT molecular complexity index is 371. The van der Waals surface area contributed by atoms with E-state index in [-0.39, 0.29) is 17.3 Å². The first kappa shape index (κ1) is 14.0. The van der Waals surface area contributed by atoms with Crippen molar-refractivity contribution >= 4 is 0 Å². The SMILES string of the molecule is COc1cccc(F)c1C(C)CNC(C)(C)C. The average Bonchev–Trinajstić information content (AvgIpc) is 2.24. The maximum absolute atomic E-state index is 13.8. The Labute approximate surface area is 103 Å². The molecule has 0 aliphatic heterocycles. The molecule has 0 radical (unpaired) electrons. The second-order valence-electron chi connectivity index (χ2n) is 5.39. The van der Waals surface area contributed by atoms with Crippen LogP contribution in [0.5, 0.6) is 5.75 Å². The van der Waals surface area contributed by atoms with E-state index in [1.807, 2.05) is 6.92 Å². The molecule has 17 heavy (non-hydrogen) atoms. The molecule has 96 valence electrons. The predicted octanol–water partition coefficient (Wildman–Crippen LogP) is 3.33. The Morgan fingerprint density at radius 2 is 2.00 bits per heavy atom. The molecule has 0 aliphatic carbocycles. The van der Waals surface area contributed by atoms with E-state index in [1.54, 1.807) is 19.2 Å². The molecule has 1 N–H and O–H groups in total. The summed E-state index contributed by atoms with van der Waals surface area (Å²) in [6, 6.07) is 4.94. The summed E-state index contributed by atoms with van der Waals surface area (Å²) in [5, 5.41) is 3.38. The van der Waals surface area contributed by atoms with Gasteiger partial charge in [-0.1, -0.05) is 13.0 Å². The monoisotopic (exact) mass is 239 g/mol. The quantitative estimate of drug-likeness (QED) is 0.870. The van der Waals surface area contributed by atoms with E-state index in [0.717, 1.165) is 6.54 Å². The van der Waals surface area contributed by atoms with Crippen LogP contribution in [-0.4, -0.2) is 19.2 Å². The number of nitrogens with one attached hydrogen (secondary N) is 1. The lowest BCUT2D eigenvalue weighted by Crippen LogP contribution is -2.38. The van der Waals surface area contributed by atoms with E-state index < -0.39 is 0 Å². The van der Waals surface area contributed by atoms with Crippen LogP contribution in [0.25, 0.3) is 0 Å². The van der Waals surface area contributed by atoms with Crippen LogP contribution in [0.15, 0.2) is 18.2 Å². The molecule has 0 fully saturated rings. The van der Waals surface area contributed by atoms with Crippen LogP contribution >= 0.6 is 0 Å². The van der Waals surface area contributed by atoms with Gasteiger partial charge in [-0.3, -0.25) is 0 Å². The number of ether oxygens (including phenoxy) is 1. The summed E-state index contributed by atoms with van der Waals surface area (Å²) < 4.78 is 19.0. The van der Waals surface area contributed by atoms with E-state index in [1.165, 1.54) is 6.07 Å². The summed E-state index contributed by atoms with van der Waals surface area (Å²) in [6.45, 7) is 9.01. The maximum Gasteiger partial charge on any atom is 0.130 e. The summed E-state index contributed by atoms with van der Waals surface area (Å²) in [4.78, 5) is 0. The second kappa shape index (κ2) is 5.50. The molecule has 1 aromatic rings. The Hall–Kier alpha value is -1.09. The van der Waals surface area contributed by atoms with Gasteiger partial charge >= 0.3 is 0 Å². The zero-order valence-corrected chi connectivity index (χ0v) is 11.3. The van der Waals surface area contributed by atoms with Crippen LogP contribution in [0.2, 0.25) is 0 Å². The highest BCUT2D eigenvalue weighted by Gasteiger charge is 2.18. The first-order chi connectivity index (χ1) is 7.85. The van der Waals surface area contributed by atoms with Gasteiger partial charge in [0.05, 0.1) is 7.11 Å². The molecule has 1 unspecified atom stereocenters. The molecule has 0 saturated carbocycles. The van der Waals surface area contributed by atoms with E-state index in [2.05, 4.69) is 26.1 Å². The lowest BCUT2D eigenvalue weighted by Gasteiger charge is -2.24. The first-order valence-corrected chi connectivity index (χ1v) is 5.92. The Morgan fingerprint density at radius 1 is 1.35 bits per heavy atom. The van der Waals surface area contributed by atoms with Crippen molar-refractivity contribution in [3.8, 4) is 5.75 Å². The van der Waals surface area contributed by atoms with Crippen molar-refractivity contribution in [2.75, 3.05) is 13.7 Å². The van der Waals surface area contributed by atoms with E-state index in [9.17, 15) is 4.39 Å². The zero-order valence-electron chi connectivity index (χ0n) is 11.3. The fourth-order valence-corrected chi connectivity index (χ4v) is 1.73. The Balaban J connectivity index is 2.84. The molecular weight excluding hydrogens is 217 g/mol. The van der Waals surface area contributed by atoms with Crippen molar-refractivity contribution in [1.82, 2.24) is 5.32 Å². The van der Waals surface area contributed by atoms with Crippen LogP contribution < -0.4 is 10.1 Å². The van der Waals surface area contributed by atoms with Crippen molar-refractivity contribution in [2.45, 2.75) is 39.2 Å². The number of halogens is 1. The molecule has 3 heteroatoms. The van der Waals surface area contributed by atoms with Crippen molar-refractivity contribution in [3.05, 3.63) is 29.6 Å². The smallest absolute Gasteiger partial charge is 0.130 e. The van der Waals surface area contributed by atoms with Gasteiger partial charge in [-0.25, -0.2) is 4.39 Å².